The van der Waals surface area contributed by atoms with Crippen LogP contribution in [0.3, 0.4) is 0 Å². The molecule has 2 nitrogen and oxygen atoms in total. The molecule has 0 atom stereocenters. The molecular weight excluding hydrogens is 210 g/mol. The molecule has 0 saturated carbocycles. The van der Waals surface area contributed by atoms with Crippen molar-refractivity contribution in [2.75, 3.05) is 0 Å². The maximum atomic E-state index is 11.4. The van der Waals surface area contributed by atoms with E-state index in [2.05, 4.69) is 19.1 Å². The van der Waals surface area contributed by atoms with Crippen LogP contribution < -0.4 is 5.73 Å². The summed E-state index contributed by atoms with van der Waals surface area (Å²) in [6, 6.07) is 16.3. The van der Waals surface area contributed by atoms with Gasteiger partial charge in [0.05, 0.1) is 0 Å². The predicted octanol–water partition coefficient (Wildman–Crippen LogP) is 2.82. The average Bonchev–Trinajstić information content (AvgIpc) is 2.38. The van der Waals surface area contributed by atoms with Crippen LogP contribution in [0.4, 0.5) is 0 Å². The molecule has 2 aromatic carbocycles. The van der Waals surface area contributed by atoms with Crippen LogP contribution in [0.25, 0.3) is 11.1 Å². The molecule has 85 valence electrons. The summed E-state index contributed by atoms with van der Waals surface area (Å²) in [4.78, 5) is 11.4. The minimum Gasteiger partial charge on any atom is -0.366 e. The van der Waals surface area contributed by atoms with Crippen LogP contribution in [-0.4, -0.2) is 5.91 Å². The zero-order valence-corrected chi connectivity index (χ0v) is 9.73. The molecule has 0 saturated heterocycles. The van der Waals surface area contributed by atoms with Crippen LogP contribution in [0.15, 0.2) is 42.5 Å². The lowest BCUT2D eigenvalue weighted by atomic mass is 9.94. The lowest BCUT2D eigenvalue weighted by Gasteiger charge is -2.10. The SMILES string of the molecule is CCc1ccccc1-c1cc[c]cc1C(N)=O. The van der Waals surface area contributed by atoms with Crippen molar-refractivity contribution in [3.8, 4) is 11.1 Å². The number of primary amides is 1. The van der Waals surface area contributed by atoms with Crippen LogP contribution in [-0.2, 0) is 6.42 Å². The van der Waals surface area contributed by atoms with Crippen LogP contribution in [0.1, 0.15) is 22.8 Å². The second-order valence-electron chi connectivity index (χ2n) is 3.85. The molecule has 0 aromatic heterocycles. The Morgan fingerprint density at radius 1 is 1.24 bits per heavy atom. The molecule has 0 aliphatic heterocycles. The highest BCUT2D eigenvalue weighted by Gasteiger charge is 2.11. The van der Waals surface area contributed by atoms with Crippen LogP contribution in [0.5, 0.6) is 0 Å². The Hall–Kier alpha value is -2.09. The van der Waals surface area contributed by atoms with Crippen LogP contribution in [0.2, 0.25) is 0 Å². The minimum absolute atomic E-state index is 0.414. The van der Waals surface area contributed by atoms with E-state index in [0.29, 0.717) is 5.56 Å². The lowest BCUT2D eigenvalue weighted by Crippen LogP contribution is -2.12. The van der Waals surface area contributed by atoms with Gasteiger partial charge in [0.1, 0.15) is 0 Å². The van der Waals surface area contributed by atoms with Gasteiger partial charge in [-0.15, -0.1) is 0 Å². The molecular formula is C15H14NO. The summed E-state index contributed by atoms with van der Waals surface area (Å²) in [5.74, 6) is -0.414. The first-order chi connectivity index (χ1) is 8.24. The molecule has 0 spiro atoms. The van der Waals surface area contributed by atoms with Gasteiger partial charge in [-0.05, 0) is 35.2 Å². The van der Waals surface area contributed by atoms with Gasteiger partial charge in [-0.1, -0.05) is 43.3 Å². The van der Waals surface area contributed by atoms with Crippen LogP contribution in [0, 0.1) is 6.07 Å². The summed E-state index contributed by atoms with van der Waals surface area (Å²) >= 11 is 0. The van der Waals surface area contributed by atoms with E-state index < -0.39 is 5.91 Å². The minimum atomic E-state index is -0.414. The first-order valence-corrected chi connectivity index (χ1v) is 5.62. The third-order valence-electron chi connectivity index (χ3n) is 2.82. The Balaban J connectivity index is 2.64. The smallest absolute Gasteiger partial charge is 0.249 e. The number of carbonyl (C=O) groups is 1. The molecule has 2 N–H and O–H groups in total. The Morgan fingerprint density at radius 2 is 2.00 bits per heavy atom. The van der Waals surface area contributed by atoms with Gasteiger partial charge in [0.25, 0.3) is 0 Å². The van der Waals surface area contributed by atoms with Gasteiger partial charge < -0.3 is 5.73 Å². The van der Waals surface area contributed by atoms with Crippen molar-refractivity contribution in [3.63, 3.8) is 0 Å². The van der Waals surface area contributed by atoms with Gasteiger partial charge in [-0.3, -0.25) is 4.79 Å². The van der Waals surface area contributed by atoms with Crippen molar-refractivity contribution >= 4 is 5.91 Å². The molecule has 2 rings (SSSR count). The summed E-state index contributed by atoms with van der Waals surface area (Å²) in [5, 5.41) is 0. The zero-order chi connectivity index (χ0) is 12.3. The molecule has 2 aromatic rings. The Kier molecular flexibility index (Phi) is 3.24. The normalized spacial score (nSPS) is 10.2. The third-order valence-corrected chi connectivity index (χ3v) is 2.82. The van der Waals surface area contributed by atoms with E-state index in [1.54, 1.807) is 12.1 Å². The highest BCUT2D eigenvalue weighted by Crippen LogP contribution is 2.27. The summed E-state index contributed by atoms with van der Waals surface area (Å²) < 4.78 is 0. The van der Waals surface area contributed by atoms with Crippen molar-refractivity contribution in [1.82, 2.24) is 0 Å². The largest absolute Gasteiger partial charge is 0.366 e. The fourth-order valence-electron chi connectivity index (χ4n) is 1.96. The second-order valence-corrected chi connectivity index (χ2v) is 3.85. The molecule has 1 radical (unpaired) electrons. The fraction of sp³-hybridized carbons (Fsp3) is 0.133. The number of carbonyl (C=O) groups excluding carboxylic acids is 1. The fourth-order valence-corrected chi connectivity index (χ4v) is 1.96. The molecule has 0 aliphatic carbocycles. The standard InChI is InChI=1S/C15H14NO/c1-2-11-7-3-4-8-12(11)13-9-5-6-10-14(13)15(16)17/h3-5,7-10H,2H2,1H3,(H2,16,17). The number of hydrogen-bond donors (Lipinski definition) is 1. The molecule has 17 heavy (non-hydrogen) atoms. The predicted molar refractivity (Wildman–Crippen MR) is 68.6 cm³/mol. The maximum Gasteiger partial charge on any atom is 0.249 e. The van der Waals surface area contributed by atoms with Gasteiger partial charge in [0, 0.05) is 5.56 Å². The number of aryl methyl sites for hydroxylation is 1. The van der Waals surface area contributed by atoms with Crippen LogP contribution >= 0.6 is 0 Å². The number of rotatable bonds is 3. The van der Waals surface area contributed by atoms with Gasteiger partial charge in [-0.2, -0.15) is 0 Å². The highest BCUT2D eigenvalue weighted by molar-refractivity contribution is 6.00. The molecule has 0 fully saturated rings. The number of hydrogen-bond acceptors (Lipinski definition) is 1. The maximum absolute atomic E-state index is 11.4. The number of amides is 1. The van der Waals surface area contributed by atoms with Crippen molar-refractivity contribution in [2.24, 2.45) is 5.73 Å². The first kappa shape index (κ1) is 11.4. The zero-order valence-electron chi connectivity index (χ0n) is 9.73. The van der Waals surface area contributed by atoms with Gasteiger partial charge in [-0.25, -0.2) is 0 Å². The Morgan fingerprint density at radius 3 is 2.71 bits per heavy atom. The summed E-state index contributed by atoms with van der Waals surface area (Å²) in [6.45, 7) is 2.10. The average molecular weight is 224 g/mol. The van der Waals surface area contributed by atoms with E-state index in [0.717, 1.165) is 17.5 Å². The third kappa shape index (κ3) is 2.21. The summed E-state index contributed by atoms with van der Waals surface area (Å²) in [6.07, 6.45) is 0.924. The van der Waals surface area contributed by atoms with E-state index in [9.17, 15) is 4.79 Å². The molecule has 0 heterocycles. The Bertz CT molecular complexity index is 546. The molecule has 0 aliphatic rings. The molecule has 0 bridgehead atoms. The van der Waals surface area contributed by atoms with Crippen molar-refractivity contribution in [3.05, 3.63) is 59.7 Å². The van der Waals surface area contributed by atoms with E-state index in [4.69, 9.17) is 5.73 Å². The second kappa shape index (κ2) is 4.83. The van der Waals surface area contributed by atoms with E-state index in [1.807, 2.05) is 24.3 Å². The molecule has 0 unspecified atom stereocenters. The van der Waals surface area contributed by atoms with Gasteiger partial charge in [0.2, 0.25) is 5.91 Å². The van der Waals surface area contributed by atoms with E-state index in [-0.39, 0.29) is 0 Å². The molecule has 1 amide bonds. The quantitative estimate of drug-likeness (QED) is 0.855. The highest BCUT2D eigenvalue weighted by atomic mass is 16.1. The van der Waals surface area contributed by atoms with Crippen molar-refractivity contribution in [1.29, 1.82) is 0 Å². The van der Waals surface area contributed by atoms with E-state index >= 15 is 0 Å². The van der Waals surface area contributed by atoms with Crippen molar-refractivity contribution < 1.29 is 4.79 Å². The summed E-state index contributed by atoms with van der Waals surface area (Å²) in [5.41, 5.74) is 9.07. The van der Waals surface area contributed by atoms with E-state index in [1.165, 1.54) is 5.56 Å². The Labute approximate surface area is 101 Å². The number of benzene rings is 2. The topological polar surface area (TPSA) is 43.1 Å². The van der Waals surface area contributed by atoms with Gasteiger partial charge in [0.15, 0.2) is 0 Å². The first-order valence-electron chi connectivity index (χ1n) is 5.62. The lowest BCUT2D eigenvalue weighted by molar-refractivity contribution is 0.100. The summed E-state index contributed by atoms with van der Waals surface area (Å²) in [7, 11) is 0. The number of nitrogens with two attached hydrogens (primary N) is 1. The van der Waals surface area contributed by atoms with Crippen molar-refractivity contribution in [2.45, 2.75) is 13.3 Å². The van der Waals surface area contributed by atoms with Gasteiger partial charge >= 0.3 is 0 Å². The molecule has 2 heteroatoms. The monoisotopic (exact) mass is 224 g/mol.